The molecule has 3 heteroatoms. The normalized spacial score (nSPS) is 16.2. The van der Waals surface area contributed by atoms with E-state index in [1.165, 1.54) is 0 Å². The number of ether oxygens (including phenoxy) is 3. The third-order valence-corrected chi connectivity index (χ3v) is 3.37. The quantitative estimate of drug-likeness (QED) is 0.846. The monoisotopic (exact) mass is 268 g/mol. The van der Waals surface area contributed by atoms with Crippen LogP contribution in [0, 0.1) is 0 Å². The van der Waals surface area contributed by atoms with Crippen LogP contribution in [0.3, 0.4) is 0 Å². The van der Waals surface area contributed by atoms with Gasteiger partial charge in [-0.15, -0.1) is 0 Å². The Labute approximate surface area is 118 Å². The molecule has 0 fully saturated rings. The average Bonchev–Trinajstić information content (AvgIpc) is 2.54. The van der Waals surface area contributed by atoms with Crippen molar-refractivity contribution < 1.29 is 14.2 Å². The predicted octanol–water partition coefficient (Wildman–Crippen LogP) is 3.85. The van der Waals surface area contributed by atoms with Crippen LogP contribution in [0.5, 0.6) is 17.2 Å². The van der Waals surface area contributed by atoms with E-state index in [-0.39, 0.29) is 6.10 Å². The molecule has 1 heterocycles. The second kappa shape index (κ2) is 5.29. The number of benzene rings is 2. The molecule has 2 aromatic carbocycles. The number of fused-ring (bicyclic) bond motifs is 1. The molecule has 1 aliphatic rings. The Morgan fingerprint density at radius 2 is 1.60 bits per heavy atom. The highest BCUT2D eigenvalue weighted by Gasteiger charge is 2.17. The van der Waals surface area contributed by atoms with Crippen LogP contribution in [0.2, 0.25) is 0 Å². The third-order valence-electron chi connectivity index (χ3n) is 3.37. The van der Waals surface area contributed by atoms with Gasteiger partial charge in [-0.05, 0) is 35.9 Å². The molecule has 0 saturated heterocycles. The molecule has 0 bridgehead atoms. The smallest absolute Gasteiger partial charge is 0.142 e. The van der Waals surface area contributed by atoms with Crippen LogP contribution in [0.4, 0.5) is 0 Å². The first kappa shape index (κ1) is 12.6. The van der Waals surface area contributed by atoms with E-state index < -0.39 is 0 Å². The van der Waals surface area contributed by atoms with Gasteiger partial charge in [-0.1, -0.05) is 18.2 Å². The fourth-order valence-corrected chi connectivity index (χ4v) is 2.22. The fourth-order valence-electron chi connectivity index (χ4n) is 2.22. The zero-order chi connectivity index (χ0) is 13.9. The largest absolute Gasteiger partial charge is 0.497 e. The highest BCUT2D eigenvalue weighted by molar-refractivity contribution is 5.62. The van der Waals surface area contributed by atoms with E-state index in [0.717, 1.165) is 28.4 Å². The number of methoxy groups -OCH3 is 2. The van der Waals surface area contributed by atoms with Crippen molar-refractivity contribution in [1.82, 2.24) is 0 Å². The molecule has 0 saturated carbocycles. The van der Waals surface area contributed by atoms with Crippen molar-refractivity contribution in [2.24, 2.45) is 0 Å². The van der Waals surface area contributed by atoms with Crippen LogP contribution >= 0.6 is 0 Å². The summed E-state index contributed by atoms with van der Waals surface area (Å²) in [6.07, 6.45) is 4.05. The highest BCUT2D eigenvalue weighted by atomic mass is 16.5. The lowest BCUT2D eigenvalue weighted by atomic mass is 10.0. The summed E-state index contributed by atoms with van der Waals surface area (Å²) in [5.41, 5.74) is 2.16. The number of hydrogen-bond acceptors (Lipinski definition) is 3. The second-order valence-electron chi connectivity index (χ2n) is 4.57. The lowest BCUT2D eigenvalue weighted by molar-refractivity contribution is 0.250. The zero-order valence-electron chi connectivity index (χ0n) is 11.5. The van der Waals surface area contributed by atoms with Crippen LogP contribution in [-0.4, -0.2) is 14.2 Å². The molecule has 102 valence electrons. The van der Waals surface area contributed by atoms with Crippen LogP contribution in [0.15, 0.2) is 48.5 Å². The molecule has 3 rings (SSSR count). The summed E-state index contributed by atoms with van der Waals surface area (Å²) < 4.78 is 16.4. The van der Waals surface area contributed by atoms with E-state index in [4.69, 9.17) is 14.2 Å². The molecule has 0 aliphatic carbocycles. The van der Waals surface area contributed by atoms with Gasteiger partial charge in [0.25, 0.3) is 0 Å². The van der Waals surface area contributed by atoms with E-state index in [0.29, 0.717) is 0 Å². The van der Waals surface area contributed by atoms with Gasteiger partial charge in [0, 0.05) is 11.6 Å². The van der Waals surface area contributed by atoms with Gasteiger partial charge in [0.2, 0.25) is 0 Å². The minimum absolute atomic E-state index is 0.0829. The molecule has 1 atom stereocenters. The third kappa shape index (κ3) is 2.35. The van der Waals surface area contributed by atoms with Crippen molar-refractivity contribution in [3.8, 4) is 17.2 Å². The summed E-state index contributed by atoms with van der Waals surface area (Å²) in [4.78, 5) is 0. The average molecular weight is 268 g/mol. The zero-order valence-corrected chi connectivity index (χ0v) is 11.5. The minimum Gasteiger partial charge on any atom is -0.497 e. The summed E-state index contributed by atoms with van der Waals surface area (Å²) >= 11 is 0. The van der Waals surface area contributed by atoms with Crippen molar-refractivity contribution >= 4 is 6.08 Å². The van der Waals surface area contributed by atoms with Gasteiger partial charge in [0.15, 0.2) is 0 Å². The standard InChI is InChI=1S/C17H16O3/c1-18-14-7-3-12(4-8-14)16-10-6-13-5-9-15(19-2)11-17(13)20-16/h3-11,16H,1-2H3. The molecular formula is C17H16O3. The Kier molecular flexibility index (Phi) is 3.33. The van der Waals surface area contributed by atoms with Gasteiger partial charge < -0.3 is 14.2 Å². The van der Waals surface area contributed by atoms with Gasteiger partial charge in [-0.25, -0.2) is 0 Å². The lowest BCUT2D eigenvalue weighted by Gasteiger charge is -2.22. The van der Waals surface area contributed by atoms with Crippen LogP contribution < -0.4 is 14.2 Å². The first-order chi connectivity index (χ1) is 9.80. The molecule has 3 nitrogen and oxygen atoms in total. The van der Waals surface area contributed by atoms with E-state index >= 15 is 0 Å². The van der Waals surface area contributed by atoms with Gasteiger partial charge in [0.1, 0.15) is 23.4 Å². The van der Waals surface area contributed by atoms with Crippen molar-refractivity contribution in [2.45, 2.75) is 6.10 Å². The van der Waals surface area contributed by atoms with Crippen molar-refractivity contribution in [1.29, 1.82) is 0 Å². The summed E-state index contributed by atoms with van der Waals surface area (Å²) in [5.74, 6) is 2.48. The molecule has 0 spiro atoms. The molecule has 2 aromatic rings. The van der Waals surface area contributed by atoms with Crippen molar-refractivity contribution in [3.63, 3.8) is 0 Å². The molecule has 0 radical (unpaired) electrons. The highest BCUT2D eigenvalue weighted by Crippen LogP contribution is 2.35. The summed E-state index contributed by atoms with van der Waals surface area (Å²) in [7, 11) is 3.32. The Morgan fingerprint density at radius 1 is 0.900 bits per heavy atom. The Balaban J connectivity index is 1.87. The minimum atomic E-state index is -0.0829. The molecule has 0 aromatic heterocycles. The van der Waals surface area contributed by atoms with E-state index in [9.17, 15) is 0 Å². The Bertz CT molecular complexity index is 629. The molecule has 0 N–H and O–H groups in total. The summed E-state index contributed by atoms with van der Waals surface area (Å²) in [5, 5.41) is 0. The first-order valence-corrected chi connectivity index (χ1v) is 6.47. The van der Waals surface area contributed by atoms with Crippen LogP contribution in [-0.2, 0) is 0 Å². The van der Waals surface area contributed by atoms with Crippen molar-refractivity contribution in [3.05, 3.63) is 59.7 Å². The molecule has 1 unspecified atom stereocenters. The predicted molar refractivity (Wildman–Crippen MR) is 78.4 cm³/mol. The van der Waals surface area contributed by atoms with E-state index in [1.54, 1.807) is 14.2 Å². The van der Waals surface area contributed by atoms with E-state index in [1.807, 2.05) is 42.5 Å². The number of hydrogen-bond donors (Lipinski definition) is 0. The van der Waals surface area contributed by atoms with Crippen LogP contribution in [0.1, 0.15) is 17.2 Å². The fraction of sp³-hybridized carbons (Fsp3) is 0.176. The maximum atomic E-state index is 6.03. The van der Waals surface area contributed by atoms with E-state index in [2.05, 4.69) is 12.2 Å². The lowest BCUT2D eigenvalue weighted by Crippen LogP contribution is -2.08. The van der Waals surface area contributed by atoms with Crippen LogP contribution in [0.25, 0.3) is 6.08 Å². The first-order valence-electron chi connectivity index (χ1n) is 6.47. The van der Waals surface area contributed by atoms with Crippen molar-refractivity contribution in [2.75, 3.05) is 14.2 Å². The maximum Gasteiger partial charge on any atom is 0.142 e. The van der Waals surface area contributed by atoms with Gasteiger partial charge in [-0.3, -0.25) is 0 Å². The summed E-state index contributed by atoms with van der Waals surface area (Å²) in [6, 6.07) is 13.7. The van der Waals surface area contributed by atoms with Gasteiger partial charge in [0.05, 0.1) is 14.2 Å². The topological polar surface area (TPSA) is 27.7 Å². The molecular weight excluding hydrogens is 252 g/mol. The SMILES string of the molecule is COc1ccc(C2C=Cc3ccc(OC)cc3O2)cc1. The Hall–Kier alpha value is -2.42. The number of rotatable bonds is 3. The second-order valence-corrected chi connectivity index (χ2v) is 4.57. The molecule has 1 aliphatic heterocycles. The molecule has 20 heavy (non-hydrogen) atoms. The van der Waals surface area contributed by atoms with Gasteiger partial charge >= 0.3 is 0 Å². The molecule has 0 amide bonds. The summed E-state index contributed by atoms with van der Waals surface area (Å²) in [6.45, 7) is 0. The van der Waals surface area contributed by atoms with Gasteiger partial charge in [-0.2, -0.15) is 0 Å². The maximum absolute atomic E-state index is 6.03. The Morgan fingerprint density at radius 3 is 2.30 bits per heavy atom.